The first-order chi connectivity index (χ1) is 11.6. The Bertz CT molecular complexity index is 811. The van der Waals surface area contributed by atoms with Crippen molar-refractivity contribution in [3.05, 3.63) is 59.4 Å². The first-order valence-electron chi connectivity index (χ1n) is 7.64. The third kappa shape index (κ3) is 3.99. The number of nitrogens with one attached hydrogen (secondary N) is 2. The average Bonchev–Trinajstić information content (AvgIpc) is 3.23. The maximum absolute atomic E-state index is 12.0. The lowest BCUT2D eigenvalue weighted by Crippen LogP contribution is -2.36. The van der Waals surface area contributed by atoms with Crippen molar-refractivity contribution in [3.63, 3.8) is 0 Å². The number of thiazole rings is 1. The molecule has 0 unspecified atom stereocenters. The van der Waals surface area contributed by atoms with Crippen LogP contribution in [0.4, 0.5) is 4.79 Å². The van der Waals surface area contributed by atoms with Gasteiger partial charge in [-0.1, -0.05) is 30.3 Å². The van der Waals surface area contributed by atoms with Crippen LogP contribution < -0.4 is 10.6 Å². The number of aromatic nitrogens is 3. The molecule has 0 aliphatic carbocycles. The van der Waals surface area contributed by atoms with Crippen molar-refractivity contribution in [1.82, 2.24) is 25.4 Å². The number of nitrogens with zero attached hydrogens (tertiary/aromatic N) is 3. The Labute approximate surface area is 144 Å². The maximum atomic E-state index is 12.0. The van der Waals surface area contributed by atoms with Crippen molar-refractivity contribution >= 4 is 17.4 Å². The summed E-state index contributed by atoms with van der Waals surface area (Å²) in [5.74, 6) is 0. The normalized spacial score (nSPS) is 11.9. The summed E-state index contributed by atoms with van der Waals surface area (Å²) in [4.78, 5) is 16.6. The highest BCUT2D eigenvalue weighted by atomic mass is 32.1. The minimum Gasteiger partial charge on any atom is -0.332 e. The zero-order valence-corrected chi connectivity index (χ0v) is 14.4. The highest BCUT2D eigenvalue weighted by molar-refractivity contribution is 7.13. The molecule has 0 radical (unpaired) electrons. The van der Waals surface area contributed by atoms with Crippen LogP contribution in [0.1, 0.15) is 24.2 Å². The number of benzene rings is 1. The van der Waals surface area contributed by atoms with Gasteiger partial charge in [0.25, 0.3) is 0 Å². The average molecular weight is 341 g/mol. The number of carbonyl (C=O) groups is 1. The molecule has 2 aromatic heterocycles. The number of hydrogen-bond acceptors (Lipinski definition) is 4. The summed E-state index contributed by atoms with van der Waals surface area (Å²) >= 11 is 1.57. The van der Waals surface area contributed by atoms with E-state index in [4.69, 9.17) is 0 Å². The minimum absolute atomic E-state index is 0.103. The van der Waals surface area contributed by atoms with Gasteiger partial charge in [0.15, 0.2) is 0 Å². The molecule has 0 aliphatic heterocycles. The molecule has 0 aliphatic rings. The zero-order valence-electron chi connectivity index (χ0n) is 13.6. The molecule has 0 saturated heterocycles. The van der Waals surface area contributed by atoms with E-state index in [0.717, 1.165) is 21.8 Å². The third-order valence-corrected chi connectivity index (χ3v) is 4.52. The van der Waals surface area contributed by atoms with Crippen LogP contribution in [0.5, 0.6) is 0 Å². The minimum atomic E-state index is -0.222. The number of hydrogen-bond donors (Lipinski definition) is 2. The van der Waals surface area contributed by atoms with Gasteiger partial charge < -0.3 is 10.6 Å². The molecular weight excluding hydrogens is 322 g/mol. The highest BCUT2D eigenvalue weighted by Gasteiger charge is 2.11. The molecule has 24 heavy (non-hydrogen) atoms. The topological polar surface area (TPSA) is 71.8 Å². The summed E-state index contributed by atoms with van der Waals surface area (Å²) in [5, 5.41) is 12.8. The first kappa shape index (κ1) is 16.2. The van der Waals surface area contributed by atoms with E-state index in [2.05, 4.69) is 20.7 Å². The smallest absolute Gasteiger partial charge is 0.315 e. The number of amides is 2. The lowest BCUT2D eigenvalue weighted by atomic mass is 10.2. The fourth-order valence-corrected chi connectivity index (χ4v) is 3.09. The van der Waals surface area contributed by atoms with Crippen LogP contribution in [0.3, 0.4) is 0 Å². The van der Waals surface area contributed by atoms with Crippen LogP contribution in [0.25, 0.3) is 10.6 Å². The number of carbonyl (C=O) groups excluding carboxylic acids is 1. The van der Waals surface area contributed by atoms with Crippen molar-refractivity contribution in [3.8, 4) is 10.6 Å². The Morgan fingerprint density at radius 2 is 2.12 bits per heavy atom. The molecule has 6 nitrogen and oxygen atoms in total. The van der Waals surface area contributed by atoms with Crippen molar-refractivity contribution < 1.29 is 4.79 Å². The fraction of sp³-hybridized carbons (Fsp3) is 0.235. The molecule has 2 N–H and O–H groups in total. The van der Waals surface area contributed by atoms with Crippen LogP contribution in [0.2, 0.25) is 0 Å². The van der Waals surface area contributed by atoms with Gasteiger partial charge in [-0.3, -0.25) is 4.68 Å². The fourth-order valence-electron chi connectivity index (χ4n) is 2.27. The van der Waals surface area contributed by atoms with Crippen LogP contribution in [0, 0.1) is 0 Å². The van der Waals surface area contributed by atoms with Crippen molar-refractivity contribution in [2.75, 3.05) is 0 Å². The number of urea groups is 1. The Hall–Kier alpha value is -2.67. The molecule has 3 rings (SSSR count). The predicted octanol–water partition coefficient (Wildman–Crippen LogP) is 3.10. The van der Waals surface area contributed by atoms with Gasteiger partial charge in [0.05, 0.1) is 24.5 Å². The molecule has 0 spiro atoms. The molecule has 0 saturated carbocycles. The highest BCUT2D eigenvalue weighted by Crippen LogP contribution is 2.23. The molecule has 124 valence electrons. The Balaban J connectivity index is 1.52. The largest absolute Gasteiger partial charge is 0.332 e. The molecule has 2 amide bonds. The quantitative estimate of drug-likeness (QED) is 0.749. The molecule has 7 heteroatoms. The second-order valence-electron chi connectivity index (χ2n) is 5.51. The molecule has 3 aromatic rings. The van der Waals surface area contributed by atoms with E-state index in [0.29, 0.717) is 6.54 Å². The van der Waals surface area contributed by atoms with Gasteiger partial charge in [-0.05, 0) is 6.92 Å². The van der Waals surface area contributed by atoms with Crippen LogP contribution in [-0.2, 0) is 13.6 Å². The summed E-state index contributed by atoms with van der Waals surface area (Å²) in [6, 6.07) is 9.68. The summed E-state index contributed by atoms with van der Waals surface area (Å²) < 4.78 is 1.71. The van der Waals surface area contributed by atoms with Crippen molar-refractivity contribution in [2.45, 2.75) is 19.5 Å². The molecule has 1 aromatic carbocycles. The van der Waals surface area contributed by atoms with E-state index in [1.165, 1.54) is 0 Å². The SMILES string of the molecule is C[C@H](NC(=O)NCc1csc(-c2ccccc2)n1)c1cnn(C)c1. The van der Waals surface area contributed by atoms with E-state index in [-0.39, 0.29) is 12.1 Å². The molecule has 0 fully saturated rings. The van der Waals surface area contributed by atoms with Crippen LogP contribution in [-0.4, -0.2) is 20.8 Å². The second kappa shape index (κ2) is 7.27. The maximum Gasteiger partial charge on any atom is 0.315 e. The molecule has 2 heterocycles. The van der Waals surface area contributed by atoms with Gasteiger partial charge in [0.1, 0.15) is 5.01 Å². The van der Waals surface area contributed by atoms with Crippen LogP contribution >= 0.6 is 11.3 Å². The van der Waals surface area contributed by atoms with E-state index >= 15 is 0 Å². The lowest BCUT2D eigenvalue weighted by Gasteiger charge is -2.12. The monoisotopic (exact) mass is 341 g/mol. The second-order valence-corrected chi connectivity index (χ2v) is 6.36. The van der Waals surface area contributed by atoms with E-state index in [1.54, 1.807) is 22.2 Å². The predicted molar refractivity (Wildman–Crippen MR) is 94.5 cm³/mol. The summed E-state index contributed by atoms with van der Waals surface area (Å²) in [5.41, 5.74) is 2.90. The van der Waals surface area contributed by atoms with E-state index < -0.39 is 0 Å². The number of aryl methyl sites for hydroxylation is 1. The Morgan fingerprint density at radius 3 is 2.83 bits per heavy atom. The van der Waals surface area contributed by atoms with Crippen molar-refractivity contribution in [2.24, 2.45) is 7.05 Å². The first-order valence-corrected chi connectivity index (χ1v) is 8.52. The lowest BCUT2D eigenvalue weighted by molar-refractivity contribution is 0.237. The van der Waals surface area contributed by atoms with Gasteiger partial charge in [-0.15, -0.1) is 11.3 Å². The zero-order chi connectivity index (χ0) is 16.9. The van der Waals surface area contributed by atoms with Gasteiger partial charge >= 0.3 is 6.03 Å². The summed E-state index contributed by atoms with van der Waals surface area (Å²) in [6.45, 7) is 2.32. The third-order valence-electron chi connectivity index (χ3n) is 3.57. The Morgan fingerprint density at radius 1 is 1.33 bits per heavy atom. The van der Waals surface area contributed by atoms with Gasteiger partial charge in [-0.25, -0.2) is 9.78 Å². The van der Waals surface area contributed by atoms with Gasteiger partial charge in [0, 0.05) is 29.8 Å². The molecule has 1 atom stereocenters. The van der Waals surface area contributed by atoms with Crippen molar-refractivity contribution in [1.29, 1.82) is 0 Å². The van der Waals surface area contributed by atoms with Gasteiger partial charge in [0.2, 0.25) is 0 Å². The van der Waals surface area contributed by atoms with E-state index in [1.807, 2.05) is 55.9 Å². The summed E-state index contributed by atoms with van der Waals surface area (Å²) in [7, 11) is 1.85. The Kier molecular flexibility index (Phi) is 4.90. The summed E-state index contributed by atoms with van der Waals surface area (Å²) in [6.07, 6.45) is 3.63. The molecular formula is C17H19N5OS. The molecule has 0 bridgehead atoms. The standard InChI is InChI=1S/C17H19N5OS/c1-12(14-8-19-22(2)10-14)20-17(23)18-9-15-11-24-16(21-15)13-6-4-3-5-7-13/h3-8,10-12H,9H2,1-2H3,(H2,18,20,23)/t12-/m0/s1. The van der Waals surface area contributed by atoms with Gasteiger partial charge in [-0.2, -0.15) is 5.10 Å². The van der Waals surface area contributed by atoms with Crippen LogP contribution in [0.15, 0.2) is 48.1 Å². The van der Waals surface area contributed by atoms with E-state index in [9.17, 15) is 4.79 Å². The number of rotatable bonds is 5.